The van der Waals surface area contributed by atoms with Gasteiger partial charge >= 0.3 is 5.97 Å². The summed E-state index contributed by atoms with van der Waals surface area (Å²) in [5.74, 6) is -6.73. The van der Waals surface area contributed by atoms with Gasteiger partial charge in [-0.05, 0) is 108 Å². The molecule has 2 bridgehead atoms. The number of fused-ring (bicyclic) bond motifs is 3. The van der Waals surface area contributed by atoms with E-state index in [0.717, 1.165) is 19.3 Å². The number of ether oxygens (including phenoxy) is 3. The zero-order chi connectivity index (χ0) is 35.9. The molecule has 0 radical (unpaired) electrons. The molecule has 276 valence electrons. The Morgan fingerprint density at radius 2 is 1.67 bits per heavy atom. The van der Waals surface area contributed by atoms with Crippen molar-refractivity contribution in [3.05, 3.63) is 24.3 Å². The van der Waals surface area contributed by atoms with Crippen LogP contribution in [0.5, 0.6) is 0 Å². The maximum absolute atomic E-state index is 14.1. The van der Waals surface area contributed by atoms with E-state index in [1.807, 2.05) is 13.0 Å². The molecule has 1 aliphatic carbocycles. The van der Waals surface area contributed by atoms with E-state index in [-0.39, 0.29) is 24.2 Å². The Kier molecular flexibility index (Phi) is 13.8. The van der Waals surface area contributed by atoms with Crippen LogP contribution >= 0.6 is 0 Å². The SMILES string of the molecule is CO[C@@H]1C(O)C(CC2(C)CCC[C@H](C)/C=C/CC/C=C/C(=O)[C@H](C)C3CC[C@@H](C)C(O)(O3)C(=O)C(=O)N3CCCCC3C(=O)O2)CC[C@H]1O. The van der Waals surface area contributed by atoms with Gasteiger partial charge in [0.2, 0.25) is 5.79 Å². The van der Waals surface area contributed by atoms with E-state index in [9.17, 15) is 34.5 Å². The number of aliphatic hydroxyl groups excluding tert-OH is 2. The predicted molar refractivity (Wildman–Crippen MR) is 182 cm³/mol. The average Bonchev–Trinajstić information content (AvgIpc) is 3.07. The summed E-state index contributed by atoms with van der Waals surface area (Å²) in [6.07, 6.45) is 11.6. The fourth-order valence-corrected chi connectivity index (χ4v) is 8.09. The molecule has 4 rings (SSSR count). The molecule has 11 nitrogen and oxygen atoms in total. The second-order valence-electron chi connectivity index (χ2n) is 15.3. The second kappa shape index (κ2) is 17.2. The van der Waals surface area contributed by atoms with Gasteiger partial charge in [-0.3, -0.25) is 14.4 Å². The minimum atomic E-state index is -2.43. The summed E-state index contributed by atoms with van der Waals surface area (Å²) in [5.41, 5.74) is -1.00. The second-order valence-corrected chi connectivity index (χ2v) is 15.3. The highest BCUT2D eigenvalue weighted by Gasteiger charge is 2.54. The van der Waals surface area contributed by atoms with Crippen molar-refractivity contribution in [2.24, 2.45) is 23.7 Å². The molecule has 3 fully saturated rings. The number of aliphatic hydroxyl groups is 3. The van der Waals surface area contributed by atoms with Crippen LogP contribution in [0.1, 0.15) is 111 Å². The van der Waals surface area contributed by atoms with Crippen LogP contribution in [-0.4, -0.2) is 99.2 Å². The minimum absolute atomic E-state index is 0.146. The van der Waals surface area contributed by atoms with Crippen LogP contribution in [0, 0.1) is 23.7 Å². The van der Waals surface area contributed by atoms with Gasteiger partial charge in [0.1, 0.15) is 17.7 Å². The van der Waals surface area contributed by atoms with Crippen molar-refractivity contribution >= 4 is 23.4 Å². The van der Waals surface area contributed by atoms with E-state index < -0.39 is 71.3 Å². The lowest BCUT2D eigenvalue weighted by molar-refractivity contribution is -0.268. The van der Waals surface area contributed by atoms with Crippen LogP contribution in [0.2, 0.25) is 0 Å². The van der Waals surface area contributed by atoms with E-state index in [1.165, 1.54) is 18.1 Å². The number of rotatable bonds is 3. The highest BCUT2D eigenvalue weighted by molar-refractivity contribution is 6.39. The number of ketones is 2. The van der Waals surface area contributed by atoms with Crippen molar-refractivity contribution in [3.8, 4) is 0 Å². The van der Waals surface area contributed by atoms with Gasteiger partial charge in [-0.2, -0.15) is 0 Å². The zero-order valence-electron chi connectivity index (χ0n) is 30.1. The predicted octanol–water partition coefficient (Wildman–Crippen LogP) is 4.20. The number of methoxy groups -OCH3 is 1. The number of carbonyl (C=O) groups is 4. The van der Waals surface area contributed by atoms with E-state index >= 15 is 0 Å². The summed E-state index contributed by atoms with van der Waals surface area (Å²) in [7, 11) is 1.46. The smallest absolute Gasteiger partial charge is 0.329 e. The van der Waals surface area contributed by atoms with Crippen molar-refractivity contribution in [2.45, 2.75) is 153 Å². The van der Waals surface area contributed by atoms with Crippen molar-refractivity contribution in [3.63, 3.8) is 0 Å². The third-order valence-electron chi connectivity index (χ3n) is 11.4. The fourth-order valence-electron chi connectivity index (χ4n) is 8.09. The monoisotopic (exact) mass is 689 g/mol. The number of allylic oxidation sites excluding steroid dienone is 4. The molecule has 1 saturated carbocycles. The minimum Gasteiger partial charge on any atom is -0.458 e. The number of hydrogen-bond acceptors (Lipinski definition) is 10. The Hall–Kier alpha value is -2.44. The van der Waals surface area contributed by atoms with Gasteiger partial charge in [0.05, 0.1) is 18.3 Å². The van der Waals surface area contributed by atoms with Crippen molar-refractivity contribution in [1.82, 2.24) is 4.90 Å². The topological polar surface area (TPSA) is 160 Å². The zero-order valence-corrected chi connectivity index (χ0v) is 30.1. The van der Waals surface area contributed by atoms with Gasteiger partial charge in [0, 0.05) is 25.5 Å². The molecule has 2 saturated heterocycles. The van der Waals surface area contributed by atoms with Crippen molar-refractivity contribution < 1.29 is 48.7 Å². The van der Waals surface area contributed by atoms with Crippen molar-refractivity contribution in [2.75, 3.05) is 13.7 Å². The molecule has 0 spiro atoms. The van der Waals surface area contributed by atoms with Crippen LogP contribution in [0.15, 0.2) is 24.3 Å². The average molecular weight is 690 g/mol. The number of carbonyl (C=O) groups excluding carboxylic acids is 4. The number of hydrogen-bond donors (Lipinski definition) is 3. The van der Waals surface area contributed by atoms with E-state index in [2.05, 4.69) is 19.1 Å². The molecule has 3 heterocycles. The van der Waals surface area contributed by atoms with Gasteiger partial charge in [0.15, 0.2) is 5.78 Å². The Bertz CT molecular complexity index is 1230. The molecule has 0 aromatic carbocycles. The standard InChI is InChI=1S/C38H59NO10/c1-24-13-8-6-7-9-16-29(40)26(3)31-20-17-25(2)38(46,48-31)34(43)35(44)39-22-11-10-15-28(39)36(45)49-37(4,21-12-14-24)23-27-18-19-30(41)33(47-5)32(27)42/h8-9,13,16,24-28,30-33,41-42,46H,6-7,10-12,14-15,17-23H2,1-5H3/b13-8+,16-9+/t24-,25-,26+,27?,28?,30-,31?,32?,33+,37?,38?/m1/s1. The first-order valence-electron chi connectivity index (χ1n) is 18.4. The summed E-state index contributed by atoms with van der Waals surface area (Å²) in [4.78, 5) is 56.0. The molecule has 0 aromatic heterocycles. The summed E-state index contributed by atoms with van der Waals surface area (Å²) in [6, 6.07) is -1.03. The highest BCUT2D eigenvalue weighted by atomic mass is 16.6. The number of nitrogens with zero attached hydrogens (tertiary/aromatic N) is 1. The first-order chi connectivity index (χ1) is 23.2. The number of piperidine rings is 1. The molecule has 6 unspecified atom stereocenters. The fraction of sp³-hybridized carbons (Fsp3) is 0.789. The van der Waals surface area contributed by atoms with Gasteiger partial charge < -0.3 is 34.4 Å². The third-order valence-corrected chi connectivity index (χ3v) is 11.4. The largest absolute Gasteiger partial charge is 0.458 e. The summed E-state index contributed by atoms with van der Waals surface area (Å²) < 4.78 is 17.7. The van der Waals surface area contributed by atoms with E-state index in [4.69, 9.17) is 14.2 Å². The van der Waals surface area contributed by atoms with Crippen LogP contribution < -0.4 is 0 Å². The lowest BCUT2D eigenvalue weighted by Gasteiger charge is -2.44. The number of Topliss-reactive ketones (excluding diaryl/α,β-unsaturated/α-hetero) is 1. The Balaban J connectivity index is 1.63. The first-order valence-corrected chi connectivity index (χ1v) is 18.4. The van der Waals surface area contributed by atoms with E-state index in [0.29, 0.717) is 64.2 Å². The van der Waals surface area contributed by atoms with Crippen LogP contribution in [-0.2, 0) is 33.4 Å². The van der Waals surface area contributed by atoms with Crippen LogP contribution in [0.3, 0.4) is 0 Å². The quantitative estimate of drug-likeness (QED) is 0.223. The maximum atomic E-state index is 14.1. The molecule has 3 aliphatic heterocycles. The molecular formula is C38H59NO10. The summed E-state index contributed by atoms with van der Waals surface area (Å²) in [6.45, 7) is 7.49. The molecule has 4 aliphatic rings. The molecule has 3 N–H and O–H groups in total. The number of cyclic esters (lactones) is 1. The molecular weight excluding hydrogens is 630 g/mol. The van der Waals surface area contributed by atoms with Gasteiger partial charge in [-0.25, -0.2) is 4.79 Å². The normalized spacial score (nSPS) is 42.3. The van der Waals surface area contributed by atoms with Gasteiger partial charge in [-0.15, -0.1) is 0 Å². The lowest BCUT2D eigenvalue weighted by Crippen LogP contribution is -2.61. The van der Waals surface area contributed by atoms with Crippen molar-refractivity contribution in [1.29, 1.82) is 0 Å². The molecule has 1 amide bonds. The first kappa shape index (κ1) is 39.3. The molecule has 11 atom stereocenters. The van der Waals surface area contributed by atoms with Crippen LogP contribution in [0.25, 0.3) is 0 Å². The van der Waals surface area contributed by atoms with Crippen LogP contribution in [0.4, 0.5) is 0 Å². The van der Waals surface area contributed by atoms with Gasteiger partial charge in [0.25, 0.3) is 11.7 Å². The molecule has 11 heteroatoms. The summed E-state index contributed by atoms with van der Waals surface area (Å²) in [5, 5.41) is 33.2. The lowest BCUT2D eigenvalue weighted by atomic mass is 9.75. The van der Waals surface area contributed by atoms with E-state index in [1.54, 1.807) is 13.8 Å². The highest BCUT2D eigenvalue weighted by Crippen LogP contribution is 2.39. The molecule has 0 aromatic rings. The Morgan fingerprint density at radius 3 is 2.41 bits per heavy atom. The summed E-state index contributed by atoms with van der Waals surface area (Å²) >= 11 is 0. The Labute approximate surface area is 291 Å². The molecule has 49 heavy (non-hydrogen) atoms. The number of amides is 1. The van der Waals surface area contributed by atoms with Gasteiger partial charge in [-0.1, -0.05) is 39.0 Å². The number of esters is 1. The third kappa shape index (κ3) is 9.47. The Morgan fingerprint density at radius 1 is 0.939 bits per heavy atom. The maximum Gasteiger partial charge on any atom is 0.329 e.